The molecule has 0 aromatic carbocycles. The molecule has 1 aromatic rings. The summed E-state index contributed by atoms with van der Waals surface area (Å²) in [6.45, 7) is 0. The Morgan fingerprint density at radius 1 is 1.70 bits per heavy atom. The first kappa shape index (κ1) is 7.09. The van der Waals surface area contributed by atoms with Crippen LogP contribution in [0, 0.1) is 11.3 Å². The van der Waals surface area contributed by atoms with Crippen LogP contribution in [0.2, 0.25) is 0 Å². The smallest absolute Gasteiger partial charge is 0.203 e. The molecule has 0 saturated heterocycles. The summed E-state index contributed by atoms with van der Waals surface area (Å²) in [4.78, 5) is 0. The first-order chi connectivity index (χ1) is 4.75. The Hall–Kier alpha value is -1.02. The summed E-state index contributed by atoms with van der Waals surface area (Å²) in [6, 6.07) is 1.62. The molecule has 0 spiro atoms. The Labute approximate surface area is 59.9 Å². The summed E-state index contributed by atoms with van der Waals surface area (Å²) in [5.41, 5.74) is -0.437. The quantitative estimate of drug-likeness (QED) is 0.629. The Balaban J connectivity index is 3.05. The lowest BCUT2D eigenvalue weighted by molar-refractivity contribution is 0.147. The van der Waals surface area contributed by atoms with Crippen molar-refractivity contribution in [1.82, 2.24) is 4.37 Å². The molecule has 0 radical (unpaired) electrons. The highest BCUT2D eigenvalue weighted by atomic mass is 32.1. The predicted octanol–water partition coefficient (Wildman–Crippen LogP) is 1.95. The maximum absolute atomic E-state index is 11.8. The molecular formula is C5H2F2N2S. The fourth-order valence-electron chi connectivity index (χ4n) is 0.486. The van der Waals surface area contributed by atoms with E-state index in [-0.39, 0.29) is 5.56 Å². The van der Waals surface area contributed by atoms with Crippen molar-refractivity contribution in [3.8, 4) is 6.07 Å². The van der Waals surface area contributed by atoms with Crippen LogP contribution >= 0.6 is 11.5 Å². The summed E-state index contributed by atoms with van der Waals surface area (Å²) in [6.07, 6.45) is -2.64. The molecule has 1 aromatic heterocycles. The van der Waals surface area contributed by atoms with E-state index in [1.54, 1.807) is 6.07 Å². The highest BCUT2D eigenvalue weighted by molar-refractivity contribution is 7.03. The molecule has 0 aliphatic heterocycles. The van der Waals surface area contributed by atoms with Gasteiger partial charge in [-0.1, -0.05) is 0 Å². The standard InChI is InChI=1S/C5H2F2N2S/c6-5(7)4-3(1-8)2-10-9-4/h2,5H. The van der Waals surface area contributed by atoms with Crippen LogP contribution in [0.3, 0.4) is 0 Å². The van der Waals surface area contributed by atoms with Crippen molar-refractivity contribution >= 4 is 11.5 Å². The van der Waals surface area contributed by atoms with Gasteiger partial charge >= 0.3 is 0 Å². The van der Waals surface area contributed by atoms with Crippen LogP contribution in [0.15, 0.2) is 5.38 Å². The van der Waals surface area contributed by atoms with Crippen LogP contribution < -0.4 is 0 Å². The van der Waals surface area contributed by atoms with Gasteiger partial charge in [-0.2, -0.15) is 9.64 Å². The predicted molar refractivity (Wildman–Crippen MR) is 31.8 cm³/mol. The fourth-order valence-corrected chi connectivity index (χ4v) is 1.11. The van der Waals surface area contributed by atoms with E-state index in [1.807, 2.05) is 0 Å². The minimum atomic E-state index is -2.64. The van der Waals surface area contributed by atoms with Crippen LogP contribution in [0.4, 0.5) is 8.78 Å². The molecule has 0 bridgehead atoms. The molecular weight excluding hydrogens is 158 g/mol. The van der Waals surface area contributed by atoms with Crippen molar-refractivity contribution in [2.45, 2.75) is 6.43 Å². The van der Waals surface area contributed by atoms with Gasteiger partial charge in [0, 0.05) is 5.38 Å². The van der Waals surface area contributed by atoms with Crippen molar-refractivity contribution in [2.75, 3.05) is 0 Å². The Kier molecular flexibility index (Phi) is 1.92. The number of nitrogens with zero attached hydrogens (tertiary/aromatic N) is 2. The second-order valence-corrected chi connectivity index (χ2v) is 2.16. The molecule has 2 nitrogen and oxygen atoms in total. The topological polar surface area (TPSA) is 36.7 Å². The average Bonchev–Trinajstić information content (AvgIpc) is 2.33. The van der Waals surface area contributed by atoms with E-state index in [0.717, 1.165) is 11.5 Å². The van der Waals surface area contributed by atoms with Crippen LogP contribution in [-0.2, 0) is 0 Å². The SMILES string of the molecule is N#Cc1csnc1C(F)F. The third-order valence-electron chi connectivity index (χ3n) is 0.925. The number of nitriles is 1. The lowest BCUT2D eigenvalue weighted by Gasteiger charge is -1.89. The summed E-state index contributed by atoms with van der Waals surface area (Å²) >= 11 is 0.867. The zero-order chi connectivity index (χ0) is 7.56. The molecule has 0 atom stereocenters. The minimum absolute atomic E-state index is 0.0278. The maximum Gasteiger partial charge on any atom is 0.282 e. The van der Waals surface area contributed by atoms with E-state index in [2.05, 4.69) is 4.37 Å². The molecule has 0 saturated carbocycles. The zero-order valence-electron chi connectivity index (χ0n) is 4.71. The number of hydrogen-bond donors (Lipinski definition) is 0. The molecule has 1 rings (SSSR count). The highest BCUT2D eigenvalue weighted by Gasteiger charge is 2.14. The number of rotatable bonds is 1. The summed E-state index contributed by atoms with van der Waals surface area (Å²) in [5, 5.41) is 9.55. The third-order valence-corrected chi connectivity index (χ3v) is 1.57. The van der Waals surface area contributed by atoms with Crippen molar-refractivity contribution in [3.63, 3.8) is 0 Å². The number of halogens is 2. The minimum Gasteiger partial charge on any atom is -0.203 e. The van der Waals surface area contributed by atoms with Crippen LogP contribution in [-0.4, -0.2) is 4.37 Å². The van der Waals surface area contributed by atoms with Gasteiger partial charge in [0.05, 0.1) is 5.56 Å². The third kappa shape index (κ3) is 1.11. The van der Waals surface area contributed by atoms with E-state index in [1.165, 1.54) is 5.38 Å². The summed E-state index contributed by atoms with van der Waals surface area (Å²) < 4.78 is 27.0. The molecule has 0 aliphatic carbocycles. The number of aromatic nitrogens is 1. The van der Waals surface area contributed by atoms with E-state index >= 15 is 0 Å². The number of hydrogen-bond acceptors (Lipinski definition) is 3. The monoisotopic (exact) mass is 160 g/mol. The van der Waals surface area contributed by atoms with Crippen molar-refractivity contribution < 1.29 is 8.78 Å². The molecule has 5 heteroatoms. The molecule has 0 aliphatic rings. The molecule has 52 valence electrons. The molecule has 0 unspecified atom stereocenters. The van der Waals surface area contributed by atoms with Crippen LogP contribution in [0.25, 0.3) is 0 Å². The maximum atomic E-state index is 11.8. The van der Waals surface area contributed by atoms with Gasteiger partial charge in [-0.25, -0.2) is 8.78 Å². The normalized spacial score (nSPS) is 9.80. The first-order valence-electron chi connectivity index (χ1n) is 2.38. The fraction of sp³-hybridized carbons (Fsp3) is 0.200. The summed E-state index contributed by atoms with van der Waals surface area (Å²) in [5.74, 6) is 0. The molecule has 0 amide bonds. The van der Waals surface area contributed by atoms with Crippen LogP contribution in [0.1, 0.15) is 17.7 Å². The first-order valence-corrected chi connectivity index (χ1v) is 3.22. The van der Waals surface area contributed by atoms with E-state index in [0.29, 0.717) is 0 Å². The second-order valence-electron chi connectivity index (χ2n) is 1.53. The highest BCUT2D eigenvalue weighted by Crippen LogP contribution is 2.21. The van der Waals surface area contributed by atoms with Crippen molar-refractivity contribution in [2.24, 2.45) is 0 Å². The molecule has 1 heterocycles. The summed E-state index contributed by atoms with van der Waals surface area (Å²) in [7, 11) is 0. The Bertz CT molecular complexity index is 263. The molecule has 10 heavy (non-hydrogen) atoms. The lowest BCUT2D eigenvalue weighted by Crippen LogP contribution is -1.86. The van der Waals surface area contributed by atoms with E-state index in [9.17, 15) is 8.78 Å². The van der Waals surface area contributed by atoms with Crippen LogP contribution in [0.5, 0.6) is 0 Å². The Morgan fingerprint density at radius 2 is 2.40 bits per heavy atom. The zero-order valence-corrected chi connectivity index (χ0v) is 5.53. The van der Waals surface area contributed by atoms with Gasteiger partial charge in [-0.05, 0) is 11.5 Å². The van der Waals surface area contributed by atoms with Gasteiger partial charge < -0.3 is 0 Å². The average molecular weight is 160 g/mol. The van der Waals surface area contributed by atoms with Gasteiger partial charge in [0.25, 0.3) is 6.43 Å². The molecule has 0 N–H and O–H groups in total. The van der Waals surface area contributed by atoms with E-state index in [4.69, 9.17) is 5.26 Å². The van der Waals surface area contributed by atoms with Gasteiger partial charge in [0.1, 0.15) is 11.8 Å². The Morgan fingerprint density at radius 3 is 2.80 bits per heavy atom. The van der Waals surface area contributed by atoms with Gasteiger partial charge in [0.2, 0.25) is 0 Å². The van der Waals surface area contributed by atoms with Gasteiger partial charge in [0.15, 0.2) is 0 Å². The van der Waals surface area contributed by atoms with Gasteiger partial charge in [-0.3, -0.25) is 0 Å². The largest absolute Gasteiger partial charge is 0.282 e. The lowest BCUT2D eigenvalue weighted by atomic mass is 10.3. The van der Waals surface area contributed by atoms with Gasteiger partial charge in [-0.15, -0.1) is 0 Å². The van der Waals surface area contributed by atoms with E-state index < -0.39 is 12.1 Å². The van der Waals surface area contributed by atoms with Crippen molar-refractivity contribution in [1.29, 1.82) is 5.26 Å². The van der Waals surface area contributed by atoms with Crippen molar-refractivity contribution in [3.05, 3.63) is 16.6 Å². The second kappa shape index (κ2) is 2.71. The number of alkyl halides is 2. The molecule has 0 fully saturated rings.